The van der Waals surface area contributed by atoms with Crippen LogP contribution < -0.4 is 4.90 Å². The lowest BCUT2D eigenvalue weighted by atomic mass is 10.1. The molecular weight excluding hydrogens is 268 g/mol. The first kappa shape index (κ1) is 13.5. The first-order chi connectivity index (χ1) is 10.2. The standard InChI is InChI=1S/C15H16N4O2/c1-2-12-10-14(18-8-3-9-18)17-15(16-12)11-4-6-13(7-5-11)19(20)21/h4-7,10H,2-3,8-9H2,1H3. The smallest absolute Gasteiger partial charge is 0.269 e. The van der Waals surface area contributed by atoms with E-state index in [4.69, 9.17) is 0 Å². The lowest BCUT2D eigenvalue weighted by Gasteiger charge is -2.32. The molecule has 0 saturated carbocycles. The molecule has 1 saturated heterocycles. The van der Waals surface area contributed by atoms with Crippen LogP contribution in [0.2, 0.25) is 0 Å². The number of non-ortho nitro benzene ring substituents is 1. The highest BCUT2D eigenvalue weighted by molar-refractivity contribution is 5.60. The normalized spacial score (nSPS) is 13.9. The van der Waals surface area contributed by atoms with E-state index in [2.05, 4.69) is 21.8 Å². The molecule has 1 aliphatic heterocycles. The minimum atomic E-state index is -0.404. The summed E-state index contributed by atoms with van der Waals surface area (Å²) in [6.07, 6.45) is 2.03. The number of aryl methyl sites for hydroxylation is 1. The van der Waals surface area contributed by atoms with Crippen LogP contribution in [-0.4, -0.2) is 28.0 Å². The second-order valence-corrected chi connectivity index (χ2v) is 5.04. The average Bonchev–Trinajstić information content (AvgIpc) is 2.45. The topological polar surface area (TPSA) is 72.2 Å². The van der Waals surface area contributed by atoms with E-state index in [-0.39, 0.29) is 5.69 Å². The SMILES string of the molecule is CCc1cc(N2CCC2)nc(-c2ccc([N+](=O)[O-])cc2)n1. The number of nitrogens with zero attached hydrogens (tertiary/aromatic N) is 4. The van der Waals surface area contributed by atoms with Gasteiger partial charge in [0.25, 0.3) is 5.69 Å². The van der Waals surface area contributed by atoms with Gasteiger partial charge in [-0.2, -0.15) is 0 Å². The van der Waals surface area contributed by atoms with Gasteiger partial charge in [-0.05, 0) is 25.0 Å². The molecule has 0 atom stereocenters. The summed E-state index contributed by atoms with van der Waals surface area (Å²) in [5.74, 6) is 1.58. The van der Waals surface area contributed by atoms with Crippen LogP contribution in [0.15, 0.2) is 30.3 Å². The molecule has 6 heteroatoms. The van der Waals surface area contributed by atoms with Crippen LogP contribution in [0.1, 0.15) is 19.0 Å². The summed E-state index contributed by atoms with van der Waals surface area (Å²) in [4.78, 5) is 21.6. The fourth-order valence-electron chi connectivity index (χ4n) is 2.23. The third kappa shape index (κ3) is 2.69. The van der Waals surface area contributed by atoms with Crippen LogP contribution in [0, 0.1) is 10.1 Å². The van der Waals surface area contributed by atoms with Gasteiger partial charge in [-0.15, -0.1) is 0 Å². The number of hydrogen-bond acceptors (Lipinski definition) is 5. The van der Waals surface area contributed by atoms with Crippen molar-refractivity contribution >= 4 is 11.5 Å². The maximum absolute atomic E-state index is 10.7. The zero-order valence-electron chi connectivity index (χ0n) is 11.8. The molecule has 2 aromatic rings. The number of anilines is 1. The zero-order chi connectivity index (χ0) is 14.8. The van der Waals surface area contributed by atoms with E-state index in [9.17, 15) is 10.1 Å². The van der Waals surface area contributed by atoms with Gasteiger partial charge in [-0.1, -0.05) is 6.92 Å². The molecule has 0 N–H and O–H groups in total. The quantitative estimate of drug-likeness (QED) is 0.637. The Balaban J connectivity index is 1.98. The molecule has 0 amide bonds. The Kier molecular flexibility index (Phi) is 3.51. The molecule has 0 bridgehead atoms. The lowest BCUT2D eigenvalue weighted by Crippen LogP contribution is -2.37. The van der Waals surface area contributed by atoms with E-state index in [1.54, 1.807) is 12.1 Å². The molecule has 1 aromatic heterocycles. The highest BCUT2D eigenvalue weighted by Crippen LogP contribution is 2.25. The van der Waals surface area contributed by atoms with Crippen molar-refractivity contribution in [2.45, 2.75) is 19.8 Å². The van der Waals surface area contributed by atoms with Gasteiger partial charge in [0.2, 0.25) is 0 Å². The molecule has 0 unspecified atom stereocenters. The van der Waals surface area contributed by atoms with Gasteiger partial charge in [0.05, 0.1) is 4.92 Å². The van der Waals surface area contributed by atoms with E-state index in [1.165, 1.54) is 18.6 Å². The van der Waals surface area contributed by atoms with Gasteiger partial charge in [-0.25, -0.2) is 9.97 Å². The predicted molar refractivity (Wildman–Crippen MR) is 80.3 cm³/mol. The molecule has 0 aliphatic carbocycles. The van der Waals surface area contributed by atoms with Crippen molar-refractivity contribution in [2.75, 3.05) is 18.0 Å². The Morgan fingerprint density at radius 2 is 1.95 bits per heavy atom. The summed E-state index contributed by atoms with van der Waals surface area (Å²) in [6.45, 7) is 4.11. The van der Waals surface area contributed by atoms with E-state index >= 15 is 0 Å². The fourth-order valence-corrected chi connectivity index (χ4v) is 2.23. The first-order valence-electron chi connectivity index (χ1n) is 7.05. The molecule has 3 rings (SSSR count). The molecule has 1 fully saturated rings. The van der Waals surface area contributed by atoms with Crippen LogP contribution in [0.25, 0.3) is 11.4 Å². The molecule has 108 valence electrons. The Morgan fingerprint density at radius 3 is 2.48 bits per heavy atom. The average molecular weight is 284 g/mol. The van der Waals surface area contributed by atoms with Gasteiger partial charge in [0.1, 0.15) is 5.82 Å². The molecule has 0 radical (unpaired) electrons. The van der Waals surface area contributed by atoms with Crippen LogP contribution in [0.3, 0.4) is 0 Å². The number of aromatic nitrogens is 2. The van der Waals surface area contributed by atoms with Crippen LogP contribution in [0.4, 0.5) is 11.5 Å². The number of nitro benzene ring substituents is 1. The second-order valence-electron chi connectivity index (χ2n) is 5.04. The molecule has 0 spiro atoms. The fraction of sp³-hybridized carbons (Fsp3) is 0.333. The van der Waals surface area contributed by atoms with Crippen molar-refractivity contribution in [3.8, 4) is 11.4 Å². The molecule has 2 heterocycles. The minimum absolute atomic E-state index is 0.0772. The van der Waals surface area contributed by atoms with Crippen LogP contribution in [-0.2, 0) is 6.42 Å². The van der Waals surface area contributed by atoms with E-state index in [0.29, 0.717) is 5.82 Å². The summed E-state index contributed by atoms with van der Waals surface area (Å²) < 4.78 is 0. The maximum atomic E-state index is 10.7. The lowest BCUT2D eigenvalue weighted by molar-refractivity contribution is -0.384. The van der Waals surface area contributed by atoms with E-state index < -0.39 is 4.92 Å². The summed E-state index contributed by atoms with van der Waals surface area (Å²) in [5, 5.41) is 10.7. The summed E-state index contributed by atoms with van der Waals surface area (Å²) in [6, 6.07) is 8.40. The molecule has 21 heavy (non-hydrogen) atoms. The van der Waals surface area contributed by atoms with Gasteiger partial charge in [0.15, 0.2) is 5.82 Å². The highest BCUT2D eigenvalue weighted by atomic mass is 16.6. The highest BCUT2D eigenvalue weighted by Gasteiger charge is 2.18. The maximum Gasteiger partial charge on any atom is 0.269 e. The van der Waals surface area contributed by atoms with Crippen molar-refractivity contribution in [1.29, 1.82) is 0 Å². The molecule has 1 aromatic carbocycles. The largest absolute Gasteiger partial charge is 0.356 e. The minimum Gasteiger partial charge on any atom is -0.356 e. The Morgan fingerprint density at radius 1 is 1.24 bits per heavy atom. The molecular formula is C15H16N4O2. The van der Waals surface area contributed by atoms with Crippen LogP contribution >= 0.6 is 0 Å². The Bertz CT molecular complexity index is 666. The van der Waals surface area contributed by atoms with Crippen molar-refractivity contribution < 1.29 is 4.92 Å². The predicted octanol–water partition coefficient (Wildman–Crippen LogP) is 2.82. The van der Waals surface area contributed by atoms with Crippen LogP contribution in [0.5, 0.6) is 0 Å². The Labute approximate surface area is 122 Å². The summed E-state index contributed by atoms with van der Waals surface area (Å²) in [7, 11) is 0. The number of benzene rings is 1. The van der Waals surface area contributed by atoms with Gasteiger partial charge >= 0.3 is 0 Å². The number of nitro groups is 1. The van der Waals surface area contributed by atoms with Gasteiger partial charge in [0, 0.05) is 42.5 Å². The summed E-state index contributed by atoms with van der Waals surface area (Å²) >= 11 is 0. The van der Waals surface area contributed by atoms with Gasteiger partial charge in [-0.3, -0.25) is 10.1 Å². The first-order valence-corrected chi connectivity index (χ1v) is 7.05. The van der Waals surface area contributed by atoms with Crippen molar-refractivity contribution in [3.63, 3.8) is 0 Å². The molecule has 6 nitrogen and oxygen atoms in total. The second kappa shape index (κ2) is 5.47. The monoisotopic (exact) mass is 284 g/mol. The molecule has 1 aliphatic rings. The summed E-state index contributed by atoms with van der Waals surface area (Å²) in [5.41, 5.74) is 1.87. The van der Waals surface area contributed by atoms with Gasteiger partial charge < -0.3 is 4.90 Å². The van der Waals surface area contributed by atoms with E-state index in [1.807, 2.05) is 6.07 Å². The third-order valence-corrected chi connectivity index (χ3v) is 3.64. The van der Waals surface area contributed by atoms with Crippen molar-refractivity contribution in [1.82, 2.24) is 9.97 Å². The third-order valence-electron chi connectivity index (χ3n) is 3.64. The van der Waals surface area contributed by atoms with E-state index in [0.717, 1.165) is 36.6 Å². The number of hydrogen-bond donors (Lipinski definition) is 0. The zero-order valence-corrected chi connectivity index (χ0v) is 11.8. The number of rotatable bonds is 4. The van der Waals surface area contributed by atoms with Crippen molar-refractivity contribution in [3.05, 3.63) is 46.1 Å². The Hall–Kier alpha value is -2.50. The van der Waals surface area contributed by atoms with Crippen molar-refractivity contribution in [2.24, 2.45) is 0 Å².